The highest BCUT2D eigenvalue weighted by Crippen LogP contribution is 2.21. The van der Waals surface area contributed by atoms with Crippen molar-refractivity contribution in [3.63, 3.8) is 0 Å². The Hall–Kier alpha value is -1.52. The van der Waals surface area contributed by atoms with Crippen molar-refractivity contribution in [1.29, 1.82) is 0 Å². The molecule has 1 heterocycles. The molecule has 0 fully saturated rings. The van der Waals surface area contributed by atoms with E-state index in [4.69, 9.17) is 5.73 Å². The van der Waals surface area contributed by atoms with Crippen LogP contribution in [0, 0.1) is 0 Å². The predicted octanol–water partition coefficient (Wildman–Crippen LogP) is 1.26. The smallest absolute Gasteiger partial charge is 0.274 e. The van der Waals surface area contributed by atoms with Crippen LogP contribution in [0.25, 0.3) is 0 Å². The number of aryl methyl sites for hydroxylation is 1. The Morgan fingerprint density at radius 3 is 2.56 bits per heavy atom. The van der Waals surface area contributed by atoms with E-state index in [2.05, 4.69) is 12.0 Å². The van der Waals surface area contributed by atoms with Crippen LogP contribution in [0.1, 0.15) is 37.7 Å². The van der Waals surface area contributed by atoms with Gasteiger partial charge in [-0.2, -0.15) is 5.10 Å². The first-order valence-corrected chi connectivity index (χ1v) is 5.37. The van der Waals surface area contributed by atoms with Crippen molar-refractivity contribution in [2.24, 2.45) is 7.05 Å². The molecule has 1 aromatic heterocycles. The maximum Gasteiger partial charge on any atom is 0.274 e. The second-order valence-corrected chi connectivity index (χ2v) is 4.60. The number of nitrogens with two attached hydrogens (primary N) is 1. The van der Waals surface area contributed by atoms with Crippen molar-refractivity contribution >= 4 is 11.6 Å². The topological polar surface area (TPSA) is 64.2 Å². The fourth-order valence-corrected chi connectivity index (χ4v) is 1.39. The number of anilines is 1. The summed E-state index contributed by atoms with van der Waals surface area (Å²) in [5, 5.41) is 3.97. The van der Waals surface area contributed by atoms with Gasteiger partial charge in [-0.1, -0.05) is 6.92 Å². The number of carbonyl (C=O) groups is 1. The summed E-state index contributed by atoms with van der Waals surface area (Å²) in [6.07, 6.45) is 2.38. The summed E-state index contributed by atoms with van der Waals surface area (Å²) < 4.78 is 1.51. The monoisotopic (exact) mass is 224 g/mol. The molecule has 0 bridgehead atoms. The van der Waals surface area contributed by atoms with E-state index in [-0.39, 0.29) is 11.4 Å². The minimum Gasteiger partial charge on any atom is -0.396 e. The third kappa shape index (κ3) is 2.03. The minimum atomic E-state index is -0.187. The van der Waals surface area contributed by atoms with E-state index in [1.165, 1.54) is 10.9 Å². The highest BCUT2D eigenvalue weighted by Gasteiger charge is 2.29. The van der Waals surface area contributed by atoms with E-state index in [0.29, 0.717) is 11.4 Å². The van der Waals surface area contributed by atoms with Crippen molar-refractivity contribution in [3.05, 3.63) is 11.9 Å². The standard InChI is InChI=1S/C11H20N4O/c1-6-11(2,3)14(4)10(16)9-8(12)7-13-15(9)5/h7H,6,12H2,1-5H3. The fourth-order valence-electron chi connectivity index (χ4n) is 1.39. The Bertz CT molecular complexity index is 375. The molecule has 0 unspecified atom stereocenters. The fraction of sp³-hybridized carbons (Fsp3) is 0.636. The Labute approximate surface area is 96.2 Å². The van der Waals surface area contributed by atoms with Gasteiger partial charge in [0, 0.05) is 19.6 Å². The lowest BCUT2D eigenvalue weighted by Gasteiger charge is -2.34. The second kappa shape index (κ2) is 4.15. The highest BCUT2D eigenvalue weighted by molar-refractivity contribution is 5.97. The average molecular weight is 224 g/mol. The molecule has 1 amide bonds. The van der Waals surface area contributed by atoms with Crippen molar-refractivity contribution in [2.75, 3.05) is 12.8 Å². The van der Waals surface area contributed by atoms with E-state index >= 15 is 0 Å². The molecule has 0 aliphatic heterocycles. The number of nitrogen functional groups attached to an aromatic ring is 1. The number of aromatic nitrogens is 2. The molecule has 0 radical (unpaired) electrons. The summed E-state index contributed by atoms with van der Waals surface area (Å²) in [7, 11) is 3.51. The van der Waals surface area contributed by atoms with Crippen molar-refractivity contribution in [2.45, 2.75) is 32.7 Å². The summed E-state index contributed by atoms with van der Waals surface area (Å²) in [6.45, 7) is 6.10. The largest absolute Gasteiger partial charge is 0.396 e. The van der Waals surface area contributed by atoms with E-state index in [0.717, 1.165) is 6.42 Å². The third-order valence-electron chi connectivity index (χ3n) is 3.25. The molecule has 5 nitrogen and oxygen atoms in total. The van der Waals surface area contributed by atoms with Gasteiger partial charge < -0.3 is 10.6 Å². The molecule has 1 rings (SSSR count). The van der Waals surface area contributed by atoms with Gasteiger partial charge in [-0.05, 0) is 20.3 Å². The first kappa shape index (κ1) is 12.5. The molecule has 0 aliphatic rings. The van der Waals surface area contributed by atoms with Gasteiger partial charge in [-0.15, -0.1) is 0 Å². The Morgan fingerprint density at radius 2 is 2.19 bits per heavy atom. The number of nitrogens with zero attached hydrogens (tertiary/aromatic N) is 3. The second-order valence-electron chi connectivity index (χ2n) is 4.60. The van der Waals surface area contributed by atoms with Gasteiger partial charge in [0.2, 0.25) is 0 Å². The normalized spacial score (nSPS) is 11.6. The first-order valence-electron chi connectivity index (χ1n) is 5.37. The molecule has 0 aliphatic carbocycles. The molecule has 0 aromatic carbocycles. The lowest BCUT2D eigenvalue weighted by atomic mass is 9.99. The van der Waals surface area contributed by atoms with Crippen LogP contribution in [0.4, 0.5) is 5.69 Å². The van der Waals surface area contributed by atoms with Crippen LogP contribution in [0.2, 0.25) is 0 Å². The number of hydrogen-bond acceptors (Lipinski definition) is 3. The molecular formula is C11H20N4O. The maximum absolute atomic E-state index is 12.2. The molecule has 0 spiro atoms. The van der Waals surface area contributed by atoms with Gasteiger partial charge in [0.15, 0.2) is 0 Å². The van der Waals surface area contributed by atoms with E-state index < -0.39 is 0 Å². The Morgan fingerprint density at radius 1 is 1.62 bits per heavy atom. The minimum absolute atomic E-state index is 0.0932. The Kier molecular flexibility index (Phi) is 3.26. The van der Waals surface area contributed by atoms with Gasteiger partial charge in [-0.25, -0.2) is 0 Å². The van der Waals surface area contributed by atoms with Crippen LogP contribution in [0.3, 0.4) is 0 Å². The van der Waals surface area contributed by atoms with Gasteiger partial charge in [-0.3, -0.25) is 9.48 Å². The zero-order valence-electron chi connectivity index (χ0n) is 10.6. The van der Waals surface area contributed by atoms with Crippen LogP contribution in [-0.2, 0) is 7.05 Å². The lowest BCUT2D eigenvalue weighted by molar-refractivity contribution is 0.0610. The molecule has 16 heavy (non-hydrogen) atoms. The van der Waals surface area contributed by atoms with E-state index in [1.807, 2.05) is 13.8 Å². The SMILES string of the molecule is CCC(C)(C)N(C)C(=O)c1c(N)cnn1C. The molecule has 2 N–H and O–H groups in total. The number of rotatable bonds is 3. The van der Waals surface area contributed by atoms with Crippen LogP contribution < -0.4 is 5.73 Å². The zero-order valence-corrected chi connectivity index (χ0v) is 10.6. The summed E-state index contributed by atoms with van der Waals surface area (Å²) in [6, 6.07) is 0. The average Bonchev–Trinajstić information content (AvgIpc) is 2.56. The van der Waals surface area contributed by atoms with E-state index in [9.17, 15) is 4.79 Å². The van der Waals surface area contributed by atoms with Crippen LogP contribution in [0.5, 0.6) is 0 Å². The van der Waals surface area contributed by atoms with Crippen molar-refractivity contribution < 1.29 is 4.79 Å². The third-order valence-corrected chi connectivity index (χ3v) is 3.25. The van der Waals surface area contributed by atoms with Crippen molar-refractivity contribution in [3.8, 4) is 0 Å². The van der Waals surface area contributed by atoms with Gasteiger partial charge >= 0.3 is 0 Å². The van der Waals surface area contributed by atoms with Crippen LogP contribution in [0.15, 0.2) is 6.20 Å². The molecular weight excluding hydrogens is 204 g/mol. The van der Waals surface area contributed by atoms with Gasteiger partial charge in [0.05, 0.1) is 11.9 Å². The molecule has 1 aromatic rings. The molecule has 0 atom stereocenters. The Balaban J connectivity index is 3.04. The maximum atomic E-state index is 12.2. The quantitative estimate of drug-likeness (QED) is 0.840. The molecule has 5 heteroatoms. The molecule has 90 valence electrons. The molecule has 0 saturated heterocycles. The van der Waals surface area contributed by atoms with Crippen molar-refractivity contribution in [1.82, 2.24) is 14.7 Å². The highest BCUT2D eigenvalue weighted by atomic mass is 16.2. The number of hydrogen-bond donors (Lipinski definition) is 1. The number of amides is 1. The summed E-state index contributed by atoms with van der Waals surface area (Å²) in [5.74, 6) is -0.0932. The summed E-state index contributed by atoms with van der Waals surface area (Å²) in [5.41, 5.74) is 6.42. The van der Waals surface area contributed by atoms with Gasteiger partial charge in [0.1, 0.15) is 5.69 Å². The zero-order chi connectivity index (χ0) is 12.5. The predicted molar refractivity (Wildman–Crippen MR) is 64.1 cm³/mol. The number of carbonyl (C=O) groups excluding carboxylic acids is 1. The summed E-state index contributed by atoms with van der Waals surface area (Å²) in [4.78, 5) is 13.9. The molecule has 0 saturated carbocycles. The van der Waals surface area contributed by atoms with Crippen LogP contribution in [-0.4, -0.2) is 33.2 Å². The first-order chi connectivity index (χ1) is 7.31. The van der Waals surface area contributed by atoms with Gasteiger partial charge in [0.25, 0.3) is 5.91 Å². The summed E-state index contributed by atoms with van der Waals surface area (Å²) >= 11 is 0. The van der Waals surface area contributed by atoms with Crippen LogP contribution >= 0.6 is 0 Å². The lowest BCUT2D eigenvalue weighted by Crippen LogP contribution is -2.45. The van der Waals surface area contributed by atoms with E-state index in [1.54, 1.807) is 19.0 Å².